The molecule has 0 saturated heterocycles. The molecule has 0 atom stereocenters. The molecule has 6 heteroatoms. The second kappa shape index (κ2) is 9.99. The highest BCUT2D eigenvalue weighted by atomic mass is 19.1. The molecule has 5 nitrogen and oxygen atoms in total. The number of benzene rings is 2. The van der Waals surface area contributed by atoms with Gasteiger partial charge in [-0.25, -0.2) is 9.37 Å². The van der Waals surface area contributed by atoms with E-state index in [2.05, 4.69) is 28.0 Å². The molecule has 0 unspecified atom stereocenters. The zero-order valence-electron chi connectivity index (χ0n) is 16.2. The van der Waals surface area contributed by atoms with Gasteiger partial charge < -0.3 is 14.6 Å². The molecule has 1 aromatic heterocycles. The van der Waals surface area contributed by atoms with Crippen molar-refractivity contribution in [1.82, 2.24) is 14.9 Å². The van der Waals surface area contributed by atoms with Crippen molar-refractivity contribution in [3.63, 3.8) is 0 Å². The number of aryl methyl sites for hydroxylation is 2. The van der Waals surface area contributed by atoms with Crippen LogP contribution in [0.5, 0.6) is 0 Å². The number of halogens is 1. The van der Waals surface area contributed by atoms with E-state index < -0.39 is 0 Å². The molecule has 3 rings (SSSR count). The predicted molar refractivity (Wildman–Crippen MR) is 107 cm³/mol. The van der Waals surface area contributed by atoms with Crippen LogP contribution in [-0.4, -0.2) is 28.6 Å². The molecule has 28 heavy (non-hydrogen) atoms. The molecule has 0 aliphatic heterocycles. The summed E-state index contributed by atoms with van der Waals surface area (Å²) in [5.41, 5.74) is 3.04. The number of unbranched alkanes of at least 4 members (excludes halogenated alkanes) is 2. The van der Waals surface area contributed by atoms with Crippen LogP contribution in [0.1, 0.15) is 30.7 Å². The van der Waals surface area contributed by atoms with Crippen molar-refractivity contribution in [2.45, 2.75) is 32.3 Å². The maximum Gasteiger partial charge on any atom is 0.246 e. The first-order valence-corrected chi connectivity index (χ1v) is 9.63. The maximum absolute atomic E-state index is 12.8. The molecule has 0 aliphatic carbocycles. The average molecular weight is 383 g/mol. The molecule has 0 saturated carbocycles. The highest BCUT2D eigenvalue weighted by molar-refractivity contribution is 5.77. The van der Waals surface area contributed by atoms with E-state index in [1.807, 2.05) is 18.2 Å². The number of rotatable bonds is 10. The molecule has 0 spiro atoms. The van der Waals surface area contributed by atoms with Crippen molar-refractivity contribution < 1.29 is 13.9 Å². The Kier molecular flexibility index (Phi) is 7.14. The van der Waals surface area contributed by atoms with Crippen LogP contribution in [0.4, 0.5) is 4.39 Å². The van der Waals surface area contributed by atoms with E-state index in [-0.39, 0.29) is 18.3 Å². The fraction of sp³-hybridized carbons (Fsp3) is 0.364. The molecular formula is C22H26FN3O2. The van der Waals surface area contributed by atoms with Gasteiger partial charge in [0, 0.05) is 20.0 Å². The van der Waals surface area contributed by atoms with Crippen molar-refractivity contribution in [2.75, 3.05) is 13.2 Å². The minimum absolute atomic E-state index is 0.0111. The van der Waals surface area contributed by atoms with Gasteiger partial charge in [0.15, 0.2) is 0 Å². The Balaban J connectivity index is 1.26. The van der Waals surface area contributed by atoms with Gasteiger partial charge in [0.05, 0.1) is 17.6 Å². The summed E-state index contributed by atoms with van der Waals surface area (Å²) in [7, 11) is 2.05. The number of carbonyl (C=O) groups is 1. The van der Waals surface area contributed by atoms with E-state index in [1.54, 1.807) is 12.1 Å². The summed E-state index contributed by atoms with van der Waals surface area (Å²) in [4.78, 5) is 16.5. The molecule has 1 N–H and O–H groups in total. The van der Waals surface area contributed by atoms with Gasteiger partial charge in [-0.05, 0) is 42.7 Å². The quantitative estimate of drug-likeness (QED) is 0.543. The Hall–Kier alpha value is -2.73. The summed E-state index contributed by atoms with van der Waals surface area (Å²) in [6.45, 7) is 0.949. The first kappa shape index (κ1) is 20.0. The molecule has 0 aliphatic rings. The Morgan fingerprint density at radius 3 is 2.68 bits per heavy atom. The Bertz CT molecular complexity index is 906. The number of imidazole rings is 1. The highest BCUT2D eigenvalue weighted by Crippen LogP contribution is 2.15. The number of para-hydroxylation sites is 2. The fourth-order valence-corrected chi connectivity index (χ4v) is 3.12. The largest absolute Gasteiger partial charge is 0.367 e. The smallest absolute Gasteiger partial charge is 0.246 e. The number of aromatic nitrogens is 2. The van der Waals surface area contributed by atoms with Crippen LogP contribution in [0.25, 0.3) is 11.0 Å². The second-order valence-electron chi connectivity index (χ2n) is 6.86. The van der Waals surface area contributed by atoms with Crippen LogP contribution in [0.15, 0.2) is 48.5 Å². The van der Waals surface area contributed by atoms with Crippen LogP contribution < -0.4 is 5.32 Å². The third-order valence-corrected chi connectivity index (χ3v) is 4.69. The third-order valence-electron chi connectivity index (χ3n) is 4.69. The molecule has 3 aromatic rings. The highest BCUT2D eigenvalue weighted by Gasteiger charge is 2.06. The zero-order valence-corrected chi connectivity index (χ0v) is 16.2. The summed E-state index contributed by atoms with van der Waals surface area (Å²) in [5, 5.41) is 2.86. The van der Waals surface area contributed by atoms with E-state index in [9.17, 15) is 9.18 Å². The first-order valence-electron chi connectivity index (χ1n) is 9.63. The summed E-state index contributed by atoms with van der Waals surface area (Å²) in [6, 6.07) is 14.2. The number of nitrogens with one attached hydrogen (secondary N) is 1. The van der Waals surface area contributed by atoms with E-state index in [0.717, 1.165) is 48.1 Å². The summed E-state index contributed by atoms with van der Waals surface area (Å²) in [6.07, 6.45) is 3.92. The van der Waals surface area contributed by atoms with Crippen molar-refractivity contribution >= 4 is 16.9 Å². The van der Waals surface area contributed by atoms with Crippen LogP contribution in [0.2, 0.25) is 0 Å². The Labute approximate surface area is 164 Å². The molecular weight excluding hydrogens is 357 g/mol. The summed E-state index contributed by atoms with van der Waals surface area (Å²) >= 11 is 0. The van der Waals surface area contributed by atoms with Gasteiger partial charge in [0.1, 0.15) is 18.2 Å². The minimum atomic E-state index is -0.280. The van der Waals surface area contributed by atoms with Gasteiger partial charge in [0.2, 0.25) is 5.91 Å². The van der Waals surface area contributed by atoms with E-state index in [4.69, 9.17) is 4.74 Å². The van der Waals surface area contributed by atoms with Gasteiger partial charge in [-0.3, -0.25) is 4.79 Å². The maximum atomic E-state index is 12.8. The predicted octanol–water partition coefficient (Wildman–Crippen LogP) is 3.76. The van der Waals surface area contributed by atoms with Crippen LogP contribution in [-0.2, 0) is 29.6 Å². The zero-order chi connectivity index (χ0) is 19.8. The van der Waals surface area contributed by atoms with Crippen molar-refractivity contribution in [3.05, 3.63) is 65.7 Å². The topological polar surface area (TPSA) is 56.2 Å². The number of fused-ring (bicyclic) bond motifs is 1. The average Bonchev–Trinajstić information content (AvgIpc) is 3.02. The summed E-state index contributed by atoms with van der Waals surface area (Å²) in [5.74, 6) is 0.689. The molecule has 2 aromatic carbocycles. The lowest BCUT2D eigenvalue weighted by molar-refractivity contribution is -0.126. The Morgan fingerprint density at radius 1 is 1.11 bits per heavy atom. The van der Waals surface area contributed by atoms with E-state index in [0.29, 0.717) is 13.2 Å². The number of ether oxygens (including phenoxy) is 1. The second-order valence-corrected chi connectivity index (χ2v) is 6.86. The fourth-order valence-electron chi connectivity index (χ4n) is 3.12. The van der Waals surface area contributed by atoms with Gasteiger partial charge in [-0.2, -0.15) is 0 Å². The SMILES string of the molecule is Cn1c(CCCCCNC(=O)COCc2ccc(F)cc2)nc2ccccc21. The molecule has 1 heterocycles. The summed E-state index contributed by atoms with van der Waals surface area (Å²) < 4.78 is 20.3. The van der Waals surface area contributed by atoms with Gasteiger partial charge in [0.25, 0.3) is 0 Å². The van der Waals surface area contributed by atoms with Gasteiger partial charge in [-0.15, -0.1) is 0 Å². The van der Waals surface area contributed by atoms with Gasteiger partial charge >= 0.3 is 0 Å². The molecule has 0 bridgehead atoms. The normalized spacial score (nSPS) is 11.1. The monoisotopic (exact) mass is 383 g/mol. The van der Waals surface area contributed by atoms with Crippen molar-refractivity contribution in [3.8, 4) is 0 Å². The number of hydrogen-bond donors (Lipinski definition) is 1. The lowest BCUT2D eigenvalue weighted by atomic mass is 10.2. The number of amides is 1. The number of nitrogens with zero attached hydrogens (tertiary/aromatic N) is 2. The minimum Gasteiger partial charge on any atom is -0.367 e. The van der Waals surface area contributed by atoms with Gasteiger partial charge in [-0.1, -0.05) is 30.7 Å². The lowest BCUT2D eigenvalue weighted by Crippen LogP contribution is -2.28. The standard InChI is InChI=1S/C22H26FN3O2/c1-26-20-8-5-4-7-19(20)25-21(26)9-3-2-6-14-24-22(27)16-28-15-17-10-12-18(23)13-11-17/h4-5,7-8,10-13H,2-3,6,9,14-16H2,1H3,(H,24,27). The first-order chi connectivity index (χ1) is 13.6. The van der Waals surface area contributed by atoms with E-state index in [1.165, 1.54) is 12.1 Å². The van der Waals surface area contributed by atoms with Crippen LogP contribution >= 0.6 is 0 Å². The third kappa shape index (κ3) is 5.63. The molecule has 1 amide bonds. The Morgan fingerprint density at radius 2 is 1.89 bits per heavy atom. The van der Waals surface area contributed by atoms with Crippen molar-refractivity contribution in [2.24, 2.45) is 7.05 Å². The van der Waals surface area contributed by atoms with Crippen molar-refractivity contribution in [1.29, 1.82) is 0 Å². The molecule has 148 valence electrons. The number of hydrogen-bond acceptors (Lipinski definition) is 3. The molecule has 0 fully saturated rings. The van der Waals surface area contributed by atoms with Crippen LogP contribution in [0, 0.1) is 5.82 Å². The lowest BCUT2D eigenvalue weighted by Gasteiger charge is -2.07. The van der Waals surface area contributed by atoms with Crippen LogP contribution in [0.3, 0.4) is 0 Å². The van der Waals surface area contributed by atoms with E-state index >= 15 is 0 Å². The number of carbonyl (C=O) groups excluding carboxylic acids is 1. The molecule has 0 radical (unpaired) electrons.